The average Bonchev–Trinajstić information content (AvgIpc) is 3.62. The summed E-state index contributed by atoms with van der Waals surface area (Å²) in [6.07, 6.45) is 4.24. The first kappa shape index (κ1) is 25.5. The molecule has 0 N–H and O–H groups in total. The third-order valence-electron chi connectivity index (χ3n) is 8.37. The molecule has 0 aliphatic carbocycles. The van der Waals surface area contributed by atoms with Crippen molar-refractivity contribution in [2.24, 2.45) is 7.05 Å². The first-order valence-electron chi connectivity index (χ1n) is 13.3. The molecule has 1 aromatic carbocycles. The van der Waals surface area contributed by atoms with Crippen LogP contribution in [-0.4, -0.2) is 75.8 Å². The number of likely N-dealkylation sites (tertiary alicyclic amines) is 1. The van der Waals surface area contributed by atoms with Crippen molar-refractivity contribution in [3.05, 3.63) is 64.3 Å². The van der Waals surface area contributed by atoms with Crippen molar-refractivity contribution in [1.29, 1.82) is 0 Å². The van der Waals surface area contributed by atoms with Crippen LogP contribution in [0.15, 0.2) is 47.5 Å². The summed E-state index contributed by atoms with van der Waals surface area (Å²) in [5, 5.41) is 6.59. The molecule has 0 unspecified atom stereocenters. The predicted molar refractivity (Wildman–Crippen MR) is 149 cm³/mol. The minimum Gasteiger partial charge on any atom is -0.497 e. The summed E-state index contributed by atoms with van der Waals surface area (Å²) in [7, 11) is 5.12. The number of aryl methyl sites for hydroxylation is 1. The molecule has 2 saturated heterocycles. The number of likely N-dealkylation sites (N-methyl/N-ethyl adjacent to an activating group) is 1. The number of hydrogen-bond acceptors (Lipinski definition) is 6. The van der Waals surface area contributed by atoms with E-state index < -0.39 is 5.54 Å². The van der Waals surface area contributed by atoms with E-state index in [1.807, 2.05) is 64.4 Å². The molecule has 0 bridgehead atoms. The molecule has 0 radical (unpaired) electrons. The van der Waals surface area contributed by atoms with Crippen LogP contribution in [0.2, 0.25) is 0 Å². The maximum Gasteiger partial charge on any atom is 0.325 e. The molecular formula is C29H33N5O4S. The minimum absolute atomic E-state index is 0.0189. The van der Waals surface area contributed by atoms with Gasteiger partial charge in [-0.25, -0.2) is 4.79 Å². The first-order chi connectivity index (χ1) is 18.9. The van der Waals surface area contributed by atoms with Gasteiger partial charge in [-0.1, -0.05) is 12.1 Å². The Kier molecular flexibility index (Phi) is 6.37. The molecule has 3 aliphatic heterocycles. The van der Waals surface area contributed by atoms with Gasteiger partial charge in [0, 0.05) is 44.0 Å². The maximum absolute atomic E-state index is 13.8. The summed E-state index contributed by atoms with van der Waals surface area (Å²) in [5.41, 5.74) is 4.11. The predicted octanol–water partition coefficient (Wildman–Crippen LogP) is 4.54. The van der Waals surface area contributed by atoms with Gasteiger partial charge in [0.05, 0.1) is 31.2 Å². The number of aromatic nitrogens is 2. The Hall–Kier alpha value is -3.79. The second-order valence-corrected chi connectivity index (χ2v) is 11.2. The molecule has 9 nitrogen and oxygen atoms in total. The monoisotopic (exact) mass is 547 g/mol. The Morgan fingerprint density at radius 3 is 2.62 bits per heavy atom. The van der Waals surface area contributed by atoms with Crippen molar-refractivity contribution in [2.45, 2.75) is 38.3 Å². The Morgan fingerprint density at radius 1 is 1.15 bits per heavy atom. The van der Waals surface area contributed by atoms with Crippen LogP contribution in [-0.2, 0) is 20.0 Å². The lowest BCUT2D eigenvalue weighted by atomic mass is 9.83. The quantitative estimate of drug-likeness (QED) is 0.469. The zero-order valence-electron chi connectivity index (χ0n) is 22.8. The van der Waals surface area contributed by atoms with Crippen LogP contribution in [0.4, 0.5) is 4.79 Å². The van der Waals surface area contributed by atoms with E-state index in [4.69, 9.17) is 9.47 Å². The van der Waals surface area contributed by atoms with Gasteiger partial charge in [0.1, 0.15) is 22.9 Å². The van der Waals surface area contributed by atoms with Gasteiger partial charge in [0.25, 0.3) is 5.91 Å². The summed E-state index contributed by atoms with van der Waals surface area (Å²) < 4.78 is 12.9. The fourth-order valence-corrected chi connectivity index (χ4v) is 7.09. The zero-order valence-corrected chi connectivity index (χ0v) is 23.6. The second kappa shape index (κ2) is 9.75. The molecule has 39 heavy (non-hydrogen) atoms. The smallest absolute Gasteiger partial charge is 0.325 e. The van der Waals surface area contributed by atoms with Crippen molar-refractivity contribution in [3.63, 3.8) is 0 Å². The molecule has 1 spiro atoms. The highest BCUT2D eigenvalue weighted by molar-refractivity contribution is 7.13. The highest BCUT2D eigenvalue weighted by atomic mass is 32.1. The van der Waals surface area contributed by atoms with E-state index in [0.29, 0.717) is 56.9 Å². The Labute approximate surface area is 232 Å². The van der Waals surface area contributed by atoms with Crippen molar-refractivity contribution >= 4 is 23.3 Å². The molecule has 0 saturated carbocycles. The topological polar surface area (TPSA) is 80.1 Å². The van der Waals surface area contributed by atoms with Gasteiger partial charge in [-0.15, -0.1) is 11.3 Å². The number of amides is 3. The molecule has 10 heteroatoms. The van der Waals surface area contributed by atoms with Crippen molar-refractivity contribution in [3.8, 4) is 22.1 Å². The summed E-state index contributed by atoms with van der Waals surface area (Å²) >= 11 is 1.61. The SMILES string of the molecule is CCN1C(=O)N2Cc3cc(OC)cc(OC)c3CC=C2C12CCN(C(=O)c1cc(-c3cccs3)nn1C)CC2. The molecular weight excluding hydrogens is 514 g/mol. The zero-order chi connectivity index (χ0) is 27.3. The number of methoxy groups -OCH3 is 2. The molecule has 3 amide bonds. The Bertz CT molecular complexity index is 1450. The van der Waals surface area contributed by atoms with E-state index in [2.05, 4.69) is 11.2 Å². The summed E-state index contributed by atoms with van der Waals surface area (Å²) in [4.78, 5) is 34.2. The Balaban J connectivity index is 1.27. The van der Waals surface area contributed by atoms with E-state index in [-0.39, 0.29) is 11.9 Å². The maximum atomic E-state index is 13.8. The van der Waals surface area contributed by atoms with E-state index in [9.17, 15) is 9.59 Å². The molecule has 0 atom stereocenters. The third-order valence-corrected chi connectivity index (χ3v) is 9.26. The van der Waals surface area contributed by atoms with Gasteiger partial charge in [-0.2, -0.15) is 5.10 Å². The first-order valence-corrected chi connectivity index (χ1v) is 14.2. The molecule has 6 rings (SSSR count). The highest BCUT2D eigenvalue weighted by Crippen LogP contribution is 2.47. The summed E-state index contributed by atoms with van der Waals surface area (Å²) in [5.74, 6) is 1.47. The number of carbonyl (C=O) groups is 2. The standard InChI is InChI=1S/C29H33N5O4S/c1-5-34-28(36)33-18-19-15-20(37-3)16-24(38-4)21(19)8-9-26(33)29(34)10-12-32(13-11-29)27(35)23-17-22(30-31(23)2)25-7-6-14-39-25/h6-7,9,14-17H,5,8,10-13,18H2,1-4H3. The number of hydrogen-bond donors (Lipinski definition) is 0. The molecule has 2 fully saturated rings. The lowest BCUT2D eigenvalue weighted by molar-refractivity contribution is 0.0566. The number of fused-ring (bicyclic) bond motifs is 3. The van der Waals surface area contributed by atoms with E-state index in [0.717, 1.165) is 33.1 Å². The molecule has 5 heterocycles. The largest absolute Gasteiger partial charge is 0.497 e. The number of ether oxygens (including phenoxy) is 2. The molecule has 2 aromatic heterocycles. The van der Waals surface area contributed by atoms with Crippen LogP contribution in [0.1, 0.15) is 41.4 Å². The summed E-state index contributed by atoms with van der Waals surface area (Å²) in [6.45, 7) is 4.25. The number of urea groups is 1. The van der Waals surface area contributed by atoms with Crippen LogP contribution in [0.25, 0.3) is 10.6 Å². The van der Waals surface area contributed by atoms with Crippen molar-refractivity contribution in [1.82, 2.24) is 24.5 Å². The number of piperidine rings is 1. The van der Waals surface area contributed by atoms with Gasteiger partial charge >= 0.3 is 6.03 Å². The van der Waals surface area contributed by atoms with Crippen LogP contribution < -0.4 is 9.47 Å². The molecule has 3 aliphatic rings. The lowest BCUT2D eigenvalue weighted by Crippen LogP contribution is -2.54. The summed E-state index contributed by atoms with van der Waals surface area (Å²) in [6, 6.07) is 9.80. The molecule has 204 valence electrons. The fourth-order valence-electron chi connectivity index (χ4n) is 6.41. The highest BCUT2D eigenvalue weighted by Gasteiger charge is 2.54. The minimum atomic E-state index is -0.434. The number of benzene rings is 1. The van der Waals surface area contributed by atoms with E-state index in [1.165, 1.54) is 0 Å². The van der Waals surface area contributed by atoms with Crippen LogP contribution in [0.3, 0.4) is 0 Å². The van der Waals surface area contributed by atoms with Gasteiger partial charge in [-0.3, -0.25) is 14.4 Å². The van der Waals surface area contributed by atoms with Crippen molar-refractivity contribution in [2.75, 3.05) is 33.9 Å². The van der Waals surface area contributed by atoms with Gasteiger partial charge in [-0.05, 0) is 55.3 Å². The number of carbonyl (C=O) groups excluding carboxylic acids is 2. The van der Waals surface area contributed by atoms with E-state index >= 15 is 0 Å². The van der Waals surface area contributed by atoms with Crippen molar-refractivity contribution < 1.29 is 19.1 Å². The molecule has 3 aromatic rings. The Morgan fingerprint density at radius 2 is 1.95 bits per heavy atom. The number of nitrogens with zero attached hydrogens (tertiary/aromatic N) is 5. The normalized spacial score (nSPS) is 18.1. The van der Waals surface area contributed by atoms with E-state index in [1.54, 1.807) is 30.2 Å². The fraction of sp³-hybridized carbons (Fsp3) is 0.414. The van der Waals surface area contributed by atoms with Gasteiger partial charge < -0.3 is 19.3 Å². The second-order valence-electron chi connectivity index (χ2n) is 10.2. The van der Waals surface area contributed by atoms with Crippen LogP contribution >= 0.6 is 11.3 Å². The lowest BCUT2D eigenvalue weighted by Gasteiger charge is -2.44. The van der Waals surface area contributed by atoms with Crippen LogP contribution in [0.5, 0.6) is 11.5 Å². The van der Waals surface area contributed by atoms with Crippen LogP contribution in [0, 0.1) is 0 Å². The van der Waals surface area contributed by atoms with Gasteiger partial charge in [0.2, 0.25) is 0 Å². The number of rotatable bonds is 5. The van der Waals surface area contributed by atoms with Gasteiger partial charge in [0.15, 0.2) is 0 Å². The average molecular weight is 548 g/mol. The number of allylic oxidation sites excluding steroid dienone is 1. The number of thiophene rings is 1. The third kappa shape index (κ3) is 4.00.